The molecule has 1 amide bonds. The van der Waals surface area contributed by atoms with E-state index in [2.05, 4.69) is 4.74 Å². The first-order valence-electron chi connectivity index (χ1n) is 9.98. The summed E-state index contributed by atoms with van der Waals surface area (Å²) in [5.74, 6) is -1.91. The fraction of sp³-hybridized carbons (Fsp3) is 0.600. The highest BCUT2D eigenvalue weighted by Crippen LogP contribution is 2.23. The number of benzene rings is 1. The third-order valence-corrected chi connectivity index (χ3v) is 7.15. The van der Waals surface area contributed by atoms with Gasteiger partial charge in [-0.2, -0.15) is 4.31 Å². The van der Waals surface area contributed by atoms with E-state index in [-0.39, 0.29) is 44.3 Å². The molecule has 168 valence electrons. The Morgan fingerprint density at radius 1 is 1.23 bits per heavy atom. The number of sulfonamides is 1. The van der Waals surface area contributed by atoms with Gasteiger partial charge in [0.25, 0.3) is 5.91 Å². The topological polar surface area (TPSA) is 93.2 Å². The Morgan fingerprint density at radius 2 is 1.87 bits per heavy atom. The summed E-state index contributed by atoms with van der Waals surface area (Å²) in [6, 6.07) is 3.24. The van der Waals surface area contributed by atoms with Crippen molar-refractivity contribution in [3.05, 3.63) is 29.6 Å². The number of esters is 1. The Morgan fingerprint density at radius 3 is 2.43 bits per heavy atom. The average Bonchev–Trinajstić information content (AvgIpc) is 2.76. The number of nitrogens with zero attached hydrogens (tertiary/aromatic N) is 2. The summed E-state index contributed by atoms with van der Waals surface area (Å²) < 4.78 is 51.2. The smallest absolute Gasteiger partial charge is 0.325 e. The molecule has 2 rings (SSSR count). The highest BCUT2D eigenvalue weighted by Gasteiger charge is 2.31. The lowest BCUT2D eigenvalue weighted by atomic mass is 10.0. The van der Waals surface area contributed by atoms with Gasteiger partial charge < -0.3 is 14.4 Å². The molecule has 0 bridgehead atoms. The van der Waals surface area contributed by atoms with Gasteiger partial charge in [-0.25, -0.2) is 12.8 Å². The van der Waals surface area contributed by atoms with Crippen molar-refractivity contribution >= 4 is 21.9 Å². The molecule has 1 aromatic rings. The Balaban J connectivity index is 2.36. The van der Waals surface area contributed by atoms with E-state index in [0.717, 1.165) is 29.3 Å². The number of carbonyl (C=O) groups excluding carboxylic acids is 2. The number of rotatable bonds is 9. The zero-order chi connectivity index (χ0) is 22.3. The lowest BCUT2D eigenvalue weighted by molar-refractivity contribution is -0.141. The van der Waals surface area contributed by atoms with Crippen molar-refractivity contribution in [1.29, 1.82) is 0 Å². The molecule has 0 aliphatic carbocycles. The van der Waals surface area contributed by atoms with Gasteiger partial charge >= 0.3 is 5.97 Å². The molecule has 0 aromatic heterocycles. The quantitative estimate of drug-likeness (QED) is 0.540. The summed E-state index contributed by atoms with van der Waals surface area (Å²) in [5, 5.41) is 0. The minimum Gasteiger partial charge on any atom is -0.468 e. The second-order valence-electron chi connectivity index (χ2n) is 7.11. The summed E-state index contributed by atoms with van der Waals surface area (Å²) in [6.07, 6.45) is 1.61. The van der Waals surface area contributed by atoms with E-state index in [1.54, 1.807) is 0 Å². The number of methoxy groups -OCH3 is 1. The third-order valence-electron chi connectivity index (χ3n) is 5.23. The number of morpholine rings is 1. The first kappa shape index (κ1) is 24.2. The lowest BCUT2D eigenvalue weighted by Crippen LogP contribution is -2.41. The molecule has 1 aliphatic rings. The van der Waals surface area contributed by atoms with Crippen molar-refractivity contribution in [2.45, 2.75) is 31.6 Å². The number of hydrogen-bond acceptors (Lipinski definition) is 6. The molecular formula is C20H29FN2O6S. The second-order valence-corrected chi connectivity index (χ2v) is 9.01. The molecule has 1 aliphatic heterocycles. The van der Waals surface area contributed by atoms with E-state index in [1.165, 1.54) is 18.1 Å². The normalized spacial score (nSPS) is 15.2. The van der Waals surface area contributed by atoms with Crippen LogP contribution in [0.2, 0.25) is 0 Å². The van der Waals surface area contributed by atoms with Gasteiger partial charge in [0.2, 0.25) is 10.0 Å². The molecule has 1 saturated heterocycles. The van der Waals surface area contributed by atoms with Crippen LogP contribution in [0.4, 0.5) is 4.39 Å². The molecule has 0 unspecified atom stereocenters. The van der Waals surface area contributed by atoms with Crippen LogP contribution in [0.25, 0.3) is 0 Å². The maximum Gasteiger partial charge on any atom is 0.325 e. The summed E-state index contributed by atoms with van der Waals surface area (Å²) in [6.45, 7) is 4.69. The Bertz CT molecular complexity index is 851. The molecular weight excluding hydrogens is 415 g/mol. The first-order chi connectivity index (χ1) is 14.2. The van der Waals surface area contributed by atoms with E-state index >= 15 is 0 Å². The van der Waals surface area contributed by atoms with Crippen LogP contribution < -0.4 is 0 Å². The minimum absolute atomic E-state index is 0.00177. The zero-order valence-corrected chi connectivity index (χ0v) is 18.4. The molecule has 0 spiro atoms. The molecule has 0 saturated carbocycles. The standard InChI is InChI=1S/C20H29FN2O6S/c1-4-15(5-2)13-22(14-19(24)28-3)20(25)16-6-7-17(21)18(12-16)30(26,27)23-8-10-29-11-9-23/h6-7,12,15H,4-5,8-11,13-14H2,1-3H3. The van der Waals surface area contributed by atoms with Crippen LogP contribution in [0, 0.1) is 11.7 Å². The predicted molar refractivity (Wildman–Crippen MR) is 108 cm³/mol. The van der Waals surface area contributed by atoms with Gasteiger partial charge in [-0.15, -0.1) is 0 Å². The van der Waals surface area contributed by atoms with E-state index in [1.807, 2.05) is 13.8 Å². The van der Waals surface area contributed by atoms with E-state index < -0.39 is 32.6 Å². The monoisotopic (exact) mass is 444 g/mol. The fourth-order valence-electron chi connectivity index (χ4n) is 3.24. The average molecular weight is 445 g/mol. The van der Waals surface area contributed by atoms with Crippen LogP contribution in [0.1, 0.15) is 37.0 Å². The maximum atomic E-state index is 14.4. The van der Waals surface area contributed by atoms with Gasteiger partial charge in [0.15, 0.2) is 0 Å². The molecule has 1 fully saturated rings. The third kappa shape index (κ3) is 5.77. The van der Waals surface area contributed by atoms with E-state index in [9.17, 15) is 22.4 Å². The van der Waals surface area contributed by atoms with E-state index in [0.29, 0.717) is 6.54 Å². The van der Waals surface area contributed by atoms with Crippen LogP contribution in [-0.2, 0) is 24.3 Å². The Labute approximate surface area is 177 Å². The fourth-order valence-corrected chi connectivity index (χ4v) is 4.74. The molecule has 30 heavy (non-hydrogen) atoms. The number of carbonyl (C=O) groups is 2. The Kier molecular flexibility index (Phi) is 8.75. The SMILES string of the molecule is CCC(CC)CN(CC(=O)OC)C(=O)c1ccc(F)c(S(=O)(=O)N2CCOCC2)c1. The highest BCUT2D eigenvalue weighted by molar-refractivity contribution is 7.89. The van der Waals surface area contributed by atoms with Crippen LogP contribution in [0.5, 0.6) is 0 Å². The van der Waals surface area contributed by atoms with Gasteiger partial charge in [0, 0.05) is 25.2 Å². The van der Waals surface area contributed by atoms with Crippen LogP contribution >= 0.6 is 0 Å². The van der Waals surface area contributed by atoms with Crippen molar-refractivity contribution in [2.75, 3.05) is 46.5 Å². The van der Waals surface area contributed by atoms with E-state index in [4.69, 9.17) is 4.74 Å². The lowest BCUT2D eigenvalue weighted by Gasteiger charge is -2.27. The van der Waals surface area contributed by atoms with Gasteiger partial charge in [-0.1, -0.05) is 26.7 Å². The van der Waals surface area contributed by atoms with Gasteiger partial charge in [-0.05, 0) is 24.1 Å². The molecule has 0 atom stereocenters. The van der Waals surface area contributed by atoms with Gasteiger partial charge in [0.05, 0.1) is 20.3 Å². The number of hydrogen-bond donors (Lipinski definition) is 0. The predicted octanol–water partition coefficient (Wildman–Crippen LogP) is 1.90. The second kappa shape index (κ2) is 10.8. The summed E-state index contributed by atoms with van der Waals surface area (Å²) in [5.41, 5.74) is -0.00177. The summed E-state index contributed by atoms with van der Waals surface area (Å²) in [7, 11) is -2.89. The molecule has 1 heterocycles. The molecule has 10 heteroatoms. The Hall–Kier alpha value is -2.04. The first-order valence-corrected chi connectivity index (χ1v) is 11.4. The van der Waals surface area contributed by atoms with Gasteiger partial charge in [0.1, 0.15) is 17.3 Å². The molecule has 8 nitrogen and oxygen atoms in total. The summed E-state index contributed by atoms with van der Waals surface area (Å²) in [4.78, 5) is 25.7. The minimum atomic E-state index is -4.12. The van der Waals surface area contributed by atoms with Crippen molar-refractivity contribution in [2.24, 2.45) is 5.92 Å². The highest BCUT2D eigenvalue weighted by atomic mass is 32.2. The van der Waals surface area contributed by atoms with Crippen molar-refractivity contribution in [3.8, 4) is 0 Å². The molecule has 1 aromatic carbocycles. The van der Waals surface area contributed by atoms with Crippen LogP contribution in [0.15, 0.2) is 23.1 Å². The van der Waals surface area contributed by atoms with Crippen LogP contribution in [-0.4, -0.2) is 76.0 Å². The van der Waals surface area contributed by atoms with Crippen molar-refractivity contribution < 1.29 is 31.9 Å². The number of amides is 1. The number of ether oxygens (including phenoxy) is 2. The van der Waals surface area contributed by atoms with Crippen molar-refractivity contribution in [1.82, 2.24) is 9.21 Å². The maximum absolute atomic E-state index is 14.4. The van der Waals surface area contributed by atoms with Crippen molar-refractivity contribution in [3.63, 3.8) is 0 Å². The number of halogens is 1. The molecule has 0 radical (unpaired) electrons. The zero-order valence-electron chi connectivity index (χ0n) is 17.6. The van der Waals surface area contributed by atoms with Crippen LogP contribution in [0.3, 0.4) is 0 Å². The molecule has 0 N–H and O–H groups in total. The summed E-state index contributed by atoms with van der Waals surface area (Å²) >= 11 is 0. The van der Waals surface area contributed by atoms with Gasteiger partial charge in [-0.3, -0.25) is 9.59 Å². The largest absolute Gasteiger partial charge is 0.468 e.